The van der Waals surface area contributed by atoms with E-state index < -0.39 is 12.7 Å². The molecule has 0 atom stereocenters. The van der Waals surface area contributed by atoms with E-state index in [0.717, 1.165) is 11.1 Å². The van der Waals surface area contributed by atoms with Crippen molar-refractivity contribution in [1.82, 2.24) is 0 Å². The molecule has 0 aromatic heterocycles. The predicted octanol–water partition coefficient (Wildman–Crippen LogP) is 2.63. The van der Waals surface area contributed by atoms with Crippen LogP contribution in [-0.4, -0.2) is 6.08 Å². The second kappa shape index (κ2) is 3.32. The van der Waals surface area contributed by atoms with Gasteiger partial charge in [-0.25, -0.2) is 4.79 Å². The van der Waals surface area contributed by atoms with E-state index >= 15 is 0 Å². The van der Waals surface area contributed by atoms with Crippen molar-refractivity contribution in [2.75, 3.05) is 0 Å². The molecule has 1 aromatic carbocycles. The Morgan fingerprint density at radius 2 is 1.80 bits per heavy atom. The Labute approximate surface area is 94.7 Å². The molecule has 0 saturated heterocycles. The molecule has 0 N–H and O–H groups in total. The van der Waals surface area contributed by atoms with E-state index in [9.17, 15) is 4.79 Å². The zero-order valence-corrected chi connectivity index (χ0v) is 8.26. The Hall–Kier alpha value is -1.40. The van der Waals surface area contributed by atoms with Crippen LogP contribution in [0.5, 0.6) is 0 Å². The number of carbonyl (C=O) groups excluding carboxylic acids is 1. The molecule has 15 heavy (non-hydrogen) atoms. The lowest BCUT2D eigenvalue weighted by molar-refractivity contribution is 0.565. The fourth-order valence-corrected chi connectivity index (χ4v) is 2.40. The maximum absolute atomic E-state index is 10.6. The molecule has 2 heteroatoms. The molecule has 0 unspecified atom stereocenters. The topological polar surface area (TPSA) is 29.4 Å². The quantitative estimate of drug-likeness (QED) is 0.509. The number of fused-ring (bicyclic) bond motifs is 2. The lowest BCUT2D eigenvalue weighted by Gasteiger charge is -2.09. The van der Waals surface area contributed by atoms with Gasteiger partial charge >= 0.3 is 0 Å². The van der Waals surface area contributed by atoms with Crippen molar-refractivity contribution in [3.63, 3.8) is 0 Å². The molecule has 1 aromatic rings. The number of aliphatic imine (C=N–C) groups is 1. The number of aryl methyl sites for hydroxylation is 2. The number of hydrogen-bond acceptors (Lipinski definition) is 2. The predicted molar refractivity (Wildman–Crippen MR) is 58.3 cm³/mol. The first kappa shape index (κ1) is 5.62. The summed E-state index contributed by atoms with van der Waals surface area (Å²) >= 11 is 0. The van der Waals surface area contributed by atoms with Gasteiger partial charge in [-0.05, 0) is 60.7 Å². The van der Waals surface area contributed by atoms with E-state index in [1.807, 2.05) is 0 Å². The van der Waals surface area contributed by atoms with Gasteiger partial charge in [0, 0.05) is 5.48 Å². The third kappa shape index (κ3) is 1.25. The molecule has 2 aliphatic carbocycles. The fourth-order valence-electron chi connectivity index (χ4n) is 2.40. The SMILES string of the molecule is [2H]C1([2H])CCc2c1cc1c(c2N=C=O)CCC1([2H])[2H]. The first-order valence-corrected chi connectivity index (χ1v) is 5.14. The van der Waals surface area contributed by atoms with Gasteiger partial charge in [0.15, 0.2) is 0 Å². The standard InChI is InChI=1S/C13H13NO/c15-8-14-13-11-5-1-3-9(11)7-10-4-2-6-12(10)13/h7H,1-6H2/i3D2,4D2. The van der Waals surface area contributed by atoms with Crippen molar-refractivity contribution in [3.8, 4) is 0 Å². The number of isocyanates is 1. The molecule has 0 radical (unpaired) electrons. The van der Waals surface area contributed by atoms with Crippen molar-refractivity contribution in [1.29, 1.82) is 0 Å². The number of nitrogens with zero attached hydrogens (tertiary/aromatic N) is 1. The molecule has 0 amide bonds. The molecule has 0 fully saturated rings. The Balaban J connectivity index is 2.34. The van der Waals surface area contributed by atoms with Crippen LogP contribution in [0.2, 0.25) is 0 Å². The lowest BCUT2D eigenvalue weighted by Crippen LogP contribution is -1.91. The van der Waals surface area contributed by atoms with Crippen LogP contribution in [0, 0.1) is 0 Å². The highest BCUT2D eigenvalue weighted by molar-refractivity contribution is 5.65. The lowest BCUT2D eigenvalue weighted by atomic mass is 9.99. The summed E-state index contributed by atoms with van der Waals surface area (Å²) in [6.07, 6.45) is 0.399. The van der Waals surface area contributed by atoms with Crippen molar-refractivity contribution >= 4 is 11.8 Å². The van der Waals surface area contributed by atoms with Gasteiger partial charge in [0.2, 0.25) is 6.08 Å². The van der Waals surface area contributed by atoms with Gasteiger partial charge in [0.25, 0.3) is 0 Å². The molecule has 0 saturated carbocycles. The van der Waals surface area contributed by atoms with Crippen LogP contribution in [0.1, 0.15) is 40.6 Å². The maximum Gasteiger partial charge on any atom is 0.240 e. The maximum atomic E-state index is 10.6. The van der Waals surface area contributed by atoms with E-state index in [4.69, 9.17) is 5.48 Å². The van der Waals surface area contributed by atoms with E-state index in [1.165, 1.54) is 6.08 Å². The van der Waals surface area contributed by atoms with Crippen LogP contribution in [-0.2, 0) is 30.4 Å². The summed E-state index contributed by atoms with van der Waals surface area (Å²) in [5.41, 5.74) is 2.96. The normalized spacial score (nSPS) is 27.7. The first-order valence-electron chi connectivity index (χ1n) is 7.14. The zero-order chi connectivity index (χ0) is 13.8. The molecule has 0 bridgehead atoms. The van der Waals surface area contributed by atoms with Gasteiger partial charge in [-0.15, -0.1) is 0 Å². The van der Waals surface area contributed by atoms with Crippen LogP contribution in [0.4, 0.5) is 5.69 Å². The summed E-state index contributed by atoms with van der Waals surface area (Å²) < 4.78 is 32.0. The third-order valence-electron chi connectivity index (χ3n) is 3.05. The smallest absolute Gasteiger partial charge is 0.211 e. The Kier molecular flexibility index (Phi) is 1.24. The molecule has 76 valence electrons. The average Bonchev–Trinajstić information content (AvgIpc) is 2.79. The van der Waals surface area contributed by atoms with E-state index in [0.29, 0.717) is 42.5 Å². The van der Waals surface area contributed by atoms with Crippen LogP contribution in [0.25, 0.3) is 0 Å². The highest BCUT2D eigenvalue weighted by Crippen LogP contribution is 2.39. The highest BCUT2D eigenvalue weighted by atomic mass is 16.1. The summed E-state index contributed by atoms with van der Waals surface area (Å²) in [5.74, 6) is 0. The largest absolute Gasteiger partial charge is 0.240 e. The Bertz CT molecular complexity index is 575. The third-order valence-corrected chi connectivity index (χ3v) is 3.05. The second-order valence-corrected chi connectivity index (χ2v) is 3.83. The zero-order valence-electron chi connectivity index (χ0n) is 12.3. The van der Waals surface area contributed by atoms with Gasteiger partial charge in [0.05, 0.1) is 5.69 Å². The number of rotatable bonds is 1. The Morgan fingerprint density at radius 1 is 1.20 bits per heavy atom. The van der Waals surface area contributed by atoms with Crippen LogP contribution < -0.4 is 0 Å². The molecule has 3 rings (SSSR count). The summed E-state index contributed by atoms with van der Waals surface area (Å²) in [6.45, 7) is 0. The van der Waals surface area contributed by atoms with Crippen molar-refractivity contribution in [3.05, 3.63) is 28.3 Å². The number of benzene rings is 1. The van der Waals surface area contributed by atoms with E-state index in [1.54, 1.807) is 6.07 Å². The van der Waals surface area contributed by atoms with Crippen LogP contribution in [0.15, 0.2) is 11.1 Å². The minimum absolute atomic E-state index is 0.357. The number of hydrogen-bond donors (Lipinski definition) is 0. The van der Waals surface area contributed by atoms with Crippen molar-refractivity contribution in [2.45, 2.75) is 38.4 Å². The summed E-state index contributed by atoms with van der Waals surface area (Å²) in [5, 5.41) is 0. The molecule has 0 aliphatic heterocycles. The van der Waals surface area contributed by atoms with Crippen molar-refractivity contribution < 1.29 is 10.3 Å². The van der Waals surface area contributed by atoms with Gasteiger partial charge < -0.3 is 0 Å². The Morgan fingerprint density at radius 3 is 2.33 bits per heavy atom. The molecule has 2 nitrogen and oxygen atoms in total. The van der Waals surface area contributed by atoms with Crippen molar-refractivity contribution in [2.24, 2.45) is 4.99 Å². The van der Waals surface area contributed by atoms with Gasteiger partial charge in [-0.2, -0.15) is 4.99 Å². The highest BCUT2D eigenvalue weighted by Gasteiger charge is 2.23. The fraction of sp³-hybridized carbons (Fsp3) is 0.462. The van der Waals surface area contributed by atoms with E-state index in [-0.39, 0.29) is 0 Å². The molecule has 0 spiro atoms. The van der Waals surface area contributed by atoms with Crippen LogP contribution in [0.3, 0.4) is 0 Å². The average molecular weight is 203 g/mol. The van der Waals surface area contributed by atoms with Gasteiger partial charge in [-0.1, -0.05) is 6.07 Å². The minimum Gasteiger partial charge on any atom is -0.211 e. The summed E-state index contributed by atoms with van der Waals surface area (Å²) in [6, 6.07) is 1.65. The van der Waals surface area contributed by atoms with Gasteiger partial charge in [-0.3, -0.25) is 0 Å². The van der Waals surface area contributed by atoms with E-state index in [2.05, 4.69) is 4.99 Å². The molecular weight excluding hydrogens is 186 g/mol. The first-order chi connectivity index (χ1) is 8.87. The van der Waals surface area contributed by atoms with Crippen LogP contribution >= 0.6 is 0 Å². The minimum atomic E-state index is -1.46. The molecule has 2 aliphatic rings. The molecular formula is C13H13NO. The van der Waals surface area contributed by atoms with Gasteiger partial charge in [0.1, 0.15) is 0 Å². The summed E-state index contributed by atoms with van der Waals surface area (Å²) in [4.78, 5) is 14.4. The molecule has 0 heterocycles. The summed E-state index contributed by atoms with van der Waals surface area (Å²) in [7, 11) is 0. The second-order valence-electron chi connectivity index (χ2n) is 3.83. The monoisotopic (exact) mass is 203 g/mol.